The first kappa shape index (κ1) is 12.8. The number of benzene rings is 2. The van der Waals surface area contributed by atoms with Gasteiger partial charge in [-0.3, -0.25) is 5.43 Å². The minimum absolute atomic E-state index is 0.302. The predicted octanol–water partition coefficient (Wildman–Crippen LogP) is 2.56. The van der Waals surface area contributed by atoms with Crippen LogP contribution in [0, 0.1) is 6.92 Å². The SMILES string of the molecule is Cc1ccccc1NN=Cc1ccc(O)c(O)c1O. The summed E-state index contributed by atoms with van der Waals surface area (Å²) in [5.41, 5.74) is 5.03. The van der Waals surface area contributed by atoms with Crippen LogP contribution in [0.15, 0.2) is 41.5 Å². The van der Waals surface area contributed by atoms with Gasteiger partial charge in [0.05, 0.1) is 11.9 Å². The molecule has 0 aliphatic carbocycles. The van der Waals surface area contributed by atoms with E-state index in [9.17, 15) is 15.3 Å². The highest BCUT2D eigenvalue weighted by Crippen LogP contribution is 2.36. The van der Waals surface area contributed by atoms with Gasteiger partial charge in [-0.15, -0.1) is 0 Å². The van der Waals surface area contributed by atoms with E-state index in [0.29, 0.717) is 5.56 Å². The van der Waals surface area contributed by atoms with E-state index in [1.807, 2.05) is 31.2 Å². The van der Waals surface area contributed by atoms with Crippen LogP contribution in [0.2, 0.25) is 0 Å². The first-order valence-corrected chi connectivity index (χ1v) is 5.68. The van der Waals surface area contributed by atoms with Gasteiger partial charge in [-0.05, 0) is 30.7 Å². The van der Waals surface area contributed by atoms with Crippen molar-refractivity contribution >= 4 is 11.9 Å². The zero-order chi connectivity index (χ0) is 13.8. The average Bonchev–Trinajstić information content (AvgIpc) is 2.41. The molecule has 0 aliphatic heterocycles. The molecule has 98 valence electrons. The lowest BCUT2D eigenvalue weighted by Gasteiger charge is -2.05. The second-order valence-electron chi connectivity index (χ2n) is 4.06. The molecule has 0 aromatic heterocycles. The molecule has 0 radical (unpaired) electrons. The Morgan fingerprint density at radius 1 is 1.00 bits per heavy atom. The summed E-state index contributed by atoms with van der Waals surface area (Å²) in [5, 5.41) is 32.1. The van der Waals surface area contributed by atoms with Gasteiger partial charge in [0.2, 0.25) is 5.75 Å². The Morgan fingerprint density at radius 3 is 2.47 bits per heavy atom. The fraction of sp³-hybridized carbons (Fsp3) is 0.0714. The van der Waals surface area contributed by atoms with Crippen LogP contribution >= 0.6 is 0 Å². The Kier molecular flexibility index (Phi) is 3.56. The molecular formula is C14H14N2O3. The predicted molar refractivity (Wildman–Crippen MR) is 73.8 cm³/mol. The molecule has 2 rings (SSSR count). The van der Waals surface area contributed by atoms with Gasteiger partial charge >= 0.3 is 0 Å². The summed E-state index contributed by atoms with van der Waals surface area (Å²) < 4.78 is 0. The molecule has 0 unspecified atom stereocenters. The molecule has 5 nitrogen and oxygen atoms in total. The van der Waals surface area contributed by atoms with Crippen molar-refractivity contribution in [3.8, 4) is 17.2 Å². The molecule has 2 aromatic carbocycles. The van der Waals surface area contributed by atoms with Gasteiger partial charge in [-0.1, -0.05) is 18.2 Å². The largest absolute Gasteiger partial charge is 0.504 e. The summed E-state index contributed by atoms with van der Waals surface area (Å²) in [7, 11) is 0. The third kappa shape index (κ3) is 2.77. The highest BCUT2D eigenvalue weighted by atomic mass is 16.3. The van der Waals surface area contributed by atoms with Crippen LogP contribution in [-0.2, 0) is 0 Å². The summed E-state index contributed by atoms with van der Waals surface area (Å²) in [6.07, 6.45) is 1.36. The van der Waals surface area contributed by atoms with Crippen LogP contribution < -0.4 is 5.43 Å². The number of hydrogen-bond donors (Lipinski definition) is 4. The monoisotopic (exact) mass is 258 g/mol. The molecule has 0 bridgehead atoms. The molecule has 19 heavy (non-hydrogen) atoms. The second-order valence-corrected chi connectivity index (χ2v) is 4.06. The minimum atomic E-state index is -0.556. The lowest BCUT2D eigenvalue weighted by atomic mass is 10.2. The van der Waals surface area contributed by atoms with E-state index in [1.165, 1.54) is 18.3 Å². The van der Waals surface area contributed by atoms with E-state index >= 15 is 0 Å². The zero-order valence-electron chi connectivity index (χ0n) is 10.3. The van der Waals surface area contributed by atoms with E-state index in [2.05, 4.69) is 10.5 Å². The van der Waals surface area contributed by atoms with Gasteiger partial charge in [0.25, 0.3) is 0 Å². The quantitative estimate of drug-likeness (QED) is 0.387. The Labute approximate surface area is 110 Å². The van der Waals surface area contributed by atoms with E-state index in [0.717, 1.165) is 11.3 Å². The van der Waals surface area contributed by atoms with Crippen LogP contribution in [-0.4, -0.2) is 21.5 Å². The molecule has 0 atom stereocenters. The van der Waals surface area contributed by atoms with Crippen molar-refractivity contribution in [3.63, 3.8) is 0 Å². The molecule has 5 heteroatoms. The number of aromatic hydroxyl groups is 3. The Bertz CT molecular complexity index is 624. The van der Waals surface area contributed by atoms with Crippen LogP contribution in [0.3, 0.4) is 0 Å². The molecule has 0 amide bonds. The number of rotatable bonds is 3. The lowest BCUT2D eigenvalue weighted by Crippen LogP contribution is -1.93. The average molecular weight is 258 g/mol. The van der Waals surface area contributed by atoms with Crippen molar-refractivity contribution in [2.45, 2.75) is 6.92 Å². The third-order valence-corrected chi connectivity index (χ3v) is 2.69. The maximum Gasteiger partial charge on any atom is 0.200 e. The topological polar surface area (TPSA) is 85.1 Å². The van der Waals surface area contributed by atoms with Crippen molar-refractivity contribution in [2.24, 2.45) is 5.10 Å². The van der Waals surface area contributed by atoms with Crippen molar-refractivity contribution in [1.82, 2.24) is 0 Å². The number of phenolic OH excluding ortho intramolecular Hbond substituents is 3. The van der Waals surface area contributed by atoms with Gasteiger partial charge in [0.15, 0.2) is 11.5 Å². The number of para-hydroxylation sites is 1. The fourth-order valence-electron chi connectivity index (χ4n) is 1.56. The first-order valence-electron chi connectivity index (χ1n) is 5.68. The van der Waals surface area contributed by atoms with Crippen LogP contribution in [0.1, 0.15) is 11.1 Å². The molecule has 0 heterocycles. The number of hydrogen-bond acceptors (Lipinski definition) is 5. The Hall–Kier alpha value is -2.69. The summed E-state index contributed by atoms with van der Waals surface area (Å²) in [6.45, 7) is 1.95. The van der Waals surface area contributed by atoms with Crippen molar-refractivity contribution in [1.29, 1.82) is 0 Å². The maximum absolute atomic E-state index is 9.60. The minimum Gasteiger partial charge on any atom is -0.504 e. The van der Waals surface area contributed by atoms with Gasteiger partial charge < -0.3 is 15.3 Å². The van der Waals surface area contributed by atoms with Crippen LogP contribution in [0.25, 0.3) is 0 Å². The third-order valence-electron chi connectivity index (χ3n) is 2.69. The molecule has 0 aliphatic rings. The van der Waals surface area contributed by atoms with Crippen LogP contribution in [0.4, 0.5) is 5.69 Å². The van der Waals surface area contributed by atoms with Crippen molar-refractivity contribution in [2.75, 3.05) is 5.43 Å². The molecule has 0 spiro atoms. The maximum atomic E-state index is 9.60. The normalized spacial score (nSPS) is 10.8. The summed E-state index contributed by atoms with van der Waals surface area (Å²) in [6, 6.07) is 10.4. The fourth-order valence-corrected chi connectivity index (χ4v) is 1.56. The molecule has 0 saturated heterocycles. The number of hydrazone groups is 1. The van der Waals surface area contributed by atoms with E-state index < -0.39 is 11.5 Å². The second kappa shape index (κ2) is 5.30. The smallest absolute Gasteiger partial charge is 0.200 e. The van der Waals surface area contributed by atoms with Crippen LogP contribution in [0.5, 0.6) is 17.2 Å². The van der Waals surface area contributed by atoms with Gasteiger partial charge in [0.1, 0.15) is 0 Å². The number of nitrogens with zero attached hydrogens (tertiary/aromatic N) is 1. The molecule has 0 saturated carbocycles. The summed E-state index contributed by atoms with van der Waals surface area (Å²) >= 11 is 0. The zero-order valence-corrected chi connectivity index (χ0v) is 10.3. The lowest BCUT2D eigenvalue weighted by molar-refractivity contribution is 0.367. The Balaban J connectivity index is 2.16. The number of aryl methyl sites for hydroxylation is 1. The van der Waals surface area contributed by atoms with E-state index in [-0.39, 0.29) is 5.75 Å². The summed E-state index contributed by atoms with van der Waals surface area (Å²) in [4.78, 5) is 0. The molecular weight excluding hydrogens is 244 g/mol. The van der Waals surface area contributed by atoms with Crippen molar-refractivity contribution in [3.05, 3.63) is 47.5 Å². The molecule has 0 fully saturated rings. The summed E-state index contributed by atoms with van der Waals surface area (Å²) in [5.74, 6) is -1.34. The number of anilines is 1. The van der Waals surface area contributed by atoms with E-state index in [4.69, 9.17) is 0 Å². The Morgan fingerprint density at radius 2 is 1.74 bits per heavy atom. The molecule has 2 aromatic rings. The van der Waals surface area contributed by atoms with Gasteiger partial charge in [-0.2, -0.15) is 5.10 Å². The van der Waals surface area contributed by atoms with Gasteiger partial charge in [-0.25, -0.2) is 0 Å². The highest BCUT2D eigenvalue weighted by molar-refractivity contribution is 5.86. The first-order chi connectivity index (χ1) is 9.09. The number of nitrogens with one attached hydrogen (secondary N) is 1. The van der Waals surface area contributed by atoms with Gasteiger partial charge in [0, 0.05) is 5.56 Å². The van der Waals surface area contributed by atoms with Crippen molar-refractivity contribution < 1.29 is 15.3 Å². The molecule has 4 N–H and O–H groups in total. The number of phenols is 3. The standard InChI is InChI=1S/C14H14N2O3/c1-9-4-2-3-5-11(9)16-15-8-10-6-7-12(17)14(19)13(10)18/h2-8,16-19H,1H3. The van der Waals surface area contributed by atoms with E-state index in [1.54, 1.807) is 0 Å². The highest BCUT2D eigenvalue weighted by Gasteiger charge is 2.08.